The number of nitriles is 1. The van der Waals surface area contributed by atoms with E-state index in [0.717, 1.165) is 24.4 Å². The molecule has 76 valence electrons. The van der Waals surface area contributed by atoms with Crippen molar-refractivity contribution in [2.24, 2.45) is 7.05 Å². The van der Waals surface area contributed by atoms with Crippen LogP contribution in [0, 0.1) is 18.3 Å². The predicted molar refractivity (Wildman–Crippen MR) is 55.9 cm³/mol. The van der Waals surface area contributed by atoms with Gasteiger partial charge in [-0.25, -0.2) is 4.98 Å². The van der Waals surface area contributed by atoms with E-state index in [4.69, 9.17) is 5.26 Å². The van der Waals surface area contributed by atoms with Gasteiger partial charge in [-0.15, -0.1) is 0 Å². The maximum absolute atomic E-state index is 8.89. The Morgan fingerprint density at radius 1 is 1.43 bits per heavy atom. The molecule has 0 amide bonds. The highest BCUT2D eigenvalue weighted by molar-refractivity contribution is 5.28. The van der Waals surface area contributed by atoms with E-state index in [2.05, 4.69) is 18.0 Å². The molecule has 0 fully saturated rings. The van der Waals surface area contributed by atoms with Gasteiger partial charge in [-0.3, -0.25) is 0 Å². The summed E-state index contributed by atoms with van der Waals surface area (Å²) in [7, 11) is 1.98. The number of unbranched alkanes of at least 4 members (excludes halogenated alkanes) is 2. The number of aryl methyl sites for hydroxylation is 1. The lowest BCUT2D eigenvalue weighted by molar-refractivity contribution is 0.679. The Morgan fingerprint density at radius 3 is 2.71 bits per heavy atom. The lowest BCUT2D eigenvalue weighted by Gasteiger charge is -2.02. The molecule has 0 unspecified atom stereocenters. The molecule has 0 saturated heterocycles. The van der Waals surface area contributed by atoms with Gasteiger partial charge < -0.3 is 4.57 Å². The van der Waals surface area contributed by atoms with Gasteiger partial charge in [0.25, 0.3) is 0 Å². The monoisotopic (exact) mass is 191 g/mol. The van der Waals surface area contributed by atoms with Gasteiger partial charge in [-0.05, 0) is 19.8 Å². The summed E-state index contributed by atoms with van der Waals surface area (Å²) in [6, 6.07) is 2.15. The van der Waals surface area contributed by atoms with E-state index >= 15 is 0 Å². The summed E-state index contributed by atoms with van der Waals surface area (Å²) in [5.74, 6) is 0.924. The van der Waals surface area contributed by atoms with Crippen LogP contribution in [0.15, 0.2) is 0 Å². The lowest BCUT2D eigenvalue weighted by atomic mass is 10.1. The van der Waals surface area contributed by atoms with Gasteiger partial charge in [0.2, 0.25) is 0 Å². The fourth-order valence-electron chi connectivity index (χ4n) is 1.57. The second-order valence-corrected chi connectivity index (χ2v) is 3.58. The van der Waals surface area contributed by atoms with Crippen molar-refractivity contribution in [3.63, 3.8) is 0 Å². The van der Waals surface area contributed by atoms with Crippen LogP contribution in [0.3, 0.4) is 0 Å². The molecule has 3 heteroatoms. The third kappa shape index (κ3) is 2.14. The van der Waals surface area contributed by atoms with Crippen molar-refractivity contribution in [1.82, 2.24) is 9.55 Å². The van der Waals surface area contributed by atoms with E-state index in [0.29, 0.717) is 5.69 Å². The first-order chi connectivity index (χ1) is 6.70. The van der Waals surface area contributed by atoms with Gasteiger partial charge in [0.1, 0.15) is 11.9 Å². The van der Waals surface area contributed by atoms with Crippen LogP contribution < -0.4 is 0 Å². The number of nitrogens with zero attached hydrogens (tertiary/aromatic N) is 3. The fraction of sp³-hybridized carbons (Fsp3) is 0.636. The molecule has 0 spiro atoms. The second-order valence-electron chi connectivity index (χ2n) is 3.58. The smallest absolute Gasteiger partial charge is 0.161 e. The summed E-state index contributed by atoms with van der Waals surface area (Å²) in [5, 5.41) is 8.89. The van der Waals surface area contributed by atoms with Crippen LogP contribution in [0.2, 0.25) is 0 Å². The third-order valence-corrected chi connectivity index (χ3v) is 2.56. The van der Waals surface area contributed by atoms with E-state index in [9.17, 15) is 0 Å². The number of hydrogen-bond donors (Lipinski definition) is 0. The third-order valence-electron chi connectivity index (χ3n) is 2.56. The van der Waals surface area contributed by atoms with E-state index in [1.54, 1.807) is 0 Å². The van der Waals surface area contributed by atoms with Gasteiger partial charge in [0.05, 0.1) is 5.69 Å². The van der Waals surface area contributed by atoms with E-state index in [-0.39, 0.29) is 0 Å². The second kappa shape index (κ2) is 4.80. The Labute approximate surface area is 85.4 Å². The van der Waals surface area contributed by atoms with Gasteiger partial charge in [0, 0.05) is 7.05 Å². The zero-order chi connectivity index (χ0) is 10.6. The van der Waals surface area contributed by atoms with Gasteiger partial charge >= 0.3 is 0 Å². The summed E-state index contributed by atoms with van der Waals surface area (Å²) >= 11 is 0. The van der Waals surface area contributed by atoms with Crippen molar-refractivity contribution in [1.29, 1.82) is 5.26 Å². The van der Waals surface area contributed by atoms with Crippen LogP contribution in [-0.2, 0) is 13.5 Å². The molecule has 1 aromatic rings. The van der Waals surface area contributed by atoms with E-state index in [1.165, 1.54) is 12.8 Å². The fourth-order valence-corrected chi connectivity index (χ4v) is 1.57. The molecule has 1 aromatic heterocycles. The quantitative estimate of drug-likeness (QED) is 0.685. The Hall–Kier alpha value is -1.30. The number of aromatic nitrogens is 2. The van der Waals surface area contributed by atoms with Crippen LogP contribution in [0.1, 0.15) is 43.4 Å². The molecule has 1 heterocycles. The van der Waals surface area contributed by atoms with Crippen LogP contribution in [-0.4, -0.2) is 9.55 Å². The summed E-state index contributed by atoms with van der Waals surface area (Å²) in [6.07, 6.45) is 4.53. The molecule has 14 heavy (non-hydrogen) atoms. The highest BCUT2D eigenvalue weighted by Crippen LogP contribution is 2.12. The Kier molecular flexibility index (Phi) is 3.70. The molecule has 0 bridgehead atoms. The minimum atomic E-state index is 0.598. The van der Waals surface area contributed by atoms with Crippen molar-refractivity contribution in [3.05, 3.63) is 17.2 Å². The van der Waals surface area contributed by atoms with Crippen molar-refractivity contribution in [2.45, 2.75) is 39.5 Å². The Morgan fingerprint density at radius 2 is 2.14 bits per heavy atom. The minimum absolute atomic E-state index is 0.598. The largest absolute Gasteiger partial charge is 0.334 e. The summed E-state index contributed by atoms with van der Waals surface area (Å²) < 4.78 is 2.02. The zero-order valence-electron chi connectivity index (χ0n) is 9.17. The lowest BCUT2D eigenvalue weighted by Crippen LogP contribution is -1.99. The molecule has 0 aromatic carbocycles. The van der Waals surface area contributed by atoms with Crippen molar-refractivity contribution in [2.75, 3.05) is 0 Å². The first kappa shape index (κ1) is 10.8. The highest BCUT2D eigenvalue weighted by atomic mass is 15.1. The van der Waals surface area contributed by atoms with Crippen LogP contribution in [0.25, 0.3) is 0 Å². The average Bonchev–Trinajstić information content (AvgIpc) is 2.45. The van der Waals surface area contributed by atoms with Crippen LogP contribution >= 0.6 is 0 Å². The molecule has 0 N–H and O–H groups in total. The van der Waals surface area contributed by atoms with Gasteiger partial charge in [-0.2, -0.15) is 5.26 Å². The van der Waals surface area contributed by atoms with Crippen molar-refractivity contribution in [3.8, 4) is 6.07 Å². The van der Waals surface area contributed by atoms with E-state index < -0.39 is 0 Å². The molecular formula is C11H17N3. The minimum Gasteiger partial charge on any atom is -0.334 e. The maximum Gasteiger partial charge on any atom is 0.161 e. The molecule has 1 rings (SSSR count). The molecule has 3 nitrogen and oxygen atoms in total. The predicted octanol–water partition coefficient (Wildman–Crippen LogP) is 2.33. The molecule has 0 aliphatic carbocycles. The number of hydrogen-bond acceptors (Lipinski definition) is 2. The Balaban J connectivity index is 2.79. The van der Waals surface area contributed by atoms with Crippen molar-refractivity contribution < 1.29 is 0 Å². The average molecular weight is 191 g/mol. The number of rotatable bonds is 4. The molecule has 0 aliphatic heterocycles. The Bertz CT molecular complexity index is 344. The summed E-state index contributed by atoms with van der Waals surface area (Å²) in [4.78, 5) is 4.21. The molecule has 0 radical (unpaired) electrons. The zero-order valence-corrected chi connectivity index (χ0v) is 9.17. The molecule has 0 saturated carbocycles. The first-order valence-corrected chi connectivity index (χ1v) is 5.13. The SMILES string of the molecule is CCCCCc1c(C#N)nc(C)n1C. The van der Waals surface area contributed by atoms with Crippen molar-refractivity contribution >= 4 is 0 Å². The summed E-state index contributed by atoms with van der Waals surface area (Å²) in [5.41, 5.74) is 1.68. The van der Waals surface area contributed by atoms with Gasteiger partial charge in [-0.1, -0.05) is 19.8 Å². The van der Waals surface area contributed by atoms with E-state index in [1.807, 2.05) is 18.5 Å². The van der Waals surface area contributed by atoms with Crippen LogP contribution in [0.4, 0.5) is 0 Å². The highest BCUT2D eigenvalue weighted by Gasteiger charge is 2.10. The standard InChI is InChI=1S/C11H17N3/c1-4-5-6-7-11-10(8-12)13-9(2)14(11)3/h4-7H2,1-3H3. The molecular weight excluding hydrogens is 174 g/mol. The van der Waals surface area contributed by atoms with Gasteiger partial charge in [0.15, 0.2) is 5.69 Å². The van der Waals surface area contributed by atoms with Crippen LogP contribution in [0.5, 0.6) is 0 Å². The maximum atomic E-state index is 8.89. The first-order valence-electron chi connectivity index (χ1n) is 5.13. The topological polar surface area (TPSA) is 41.6 Å². The molecule has 0 atom stereocenters. The molecule has 0 aliphatic rings. The number of imidazole rings is 1. The normalized spacial score (nSPS) is 10.1. The summed E-state index contributed by atoms with van der Waals surface area (Å²) in [6.45, 7) is 4.11.